The van der Waals surface area contributed by atoms with Crippen molar-refractivity contribution in [3.63, 3.8) is 0 Å². The van der Waals surface area contributed by atoms with Crippen LogP contribution in [0.25, 0.3) is 33.2 Å². The van der Waals surface area contributed by atoms with Crippen molar-refractivity contribution in [1.82, 2.24) is 19.7 Å². The van der Waals surface area contributed by atoms with Crippen LogP contribution in [0.15, 0.2) is 36.5 Å². The standard InChI is InChI=1S/C21H20FN5O.CH3.Na/c1-12-20-13(10-26(2)25-20)9-15(21(12)28)16-3-4-18-17(23-16)5-6-19(24-18)27-8-7-14(22)11-27;;/h3-6,9-10,14,28H,7-8,11H2,1-2H3;1H3;/q;-1;+1. The minimum absolute atomic E-state index is 0. The molecule has 3 aromatic heterocycles. The number of halogens is 1. The number of hydrogen-bond donors (Lipinski definition) is 1. The summed E-state index contributed by atoms with van der Waals surface area (Å²) in [5, 5.41) is 16.1. The van der Waals surface area contributed by atoms with E-state index < -0.39 is 6.17 Å². The Balaban J connectivity index is 0.00000128. The molecule has 0 bridgehead atoms. The van der Waals surface area contributed by atoms with Crippen molar-refractivity contribution >= 4 is 27.8 Å². The Kier molecular flexibility index (Phi) is 6.36. The second-order valence-electron chi connectivity index (χ2n) is 7.37. The molecule has 1 aliphatic rings. The smallest absolute Gasteiger partial charge is 0.507 e. The van der Waals surface area contributed by atoms with Crippen LogP contribution in [0.3, 0.4) is 0 Å². The zero-order valence-corrected chi connectivity index (χ0v) is 19.7. The monoisotopic (exact) mass is 415 g/mol. The van der Waals surface area contributed by atoms with Crippen molar-refractivity contribution in [1.29, 1.82) is 0 Å². The second-order valence-corrected chi connectivity index (χ2v) is 7.37. The van der Waals surface area contributed by atoms with Gasteiger partial charge >= 0.3 is 29.6 Å². The zero-order chi connectivity index (χ0) is 19.4. The van der Waals surface area contributed by atoms with E-state index in [9.17, 15) is 9.50 Å². The van der Waals surface area contributed by atoms with E-state index in [1.165, 1.54) is 0 Å². The number of benzene rings is 1. The quantitative estimate of drug-likeness (QED) is 0.394. The number of aryl methyl sites for hydroxylation is 2. The van der Waals surface area contributed by atoms with Crippen molar-refractivity contribution in [2.45, 2.75) is 19.5 Å². The maximum absolute atomic E-state index is 13.5. The topological polar surface area (TPSA) is 67.1 Å². The molecule has 0 aliphatic carbocycles. The number of phenols is 1. The molecule has 6 nitrogen and oxygen atoms in total. The third-order valence-electron chi connectivity index (χ3n) is 5.38. The fraction of sp³-hybridized carbons (Fsp3) is 0.273. The van der Waals surface area contributed by atoms with Gasteiger partial charge in [0, 0.05) is 36.3 Å². The van der Waals surface area contributed by atoms with Gasteiger partial charge in [-0.2, -0.15) is 5.10 Å². The normalized spacial score (nSPS) is 16.0. The molecule has 0 saturated carbocycles. The first kappa shape index (κ1) is 22.5. The molecule has 4 heterocycles. The first-order valence-electron chi connectivity index (χ1n) is 9.33. The number of alkyl halides is 1. The van der Waals surface area contributed by atoms with Crippen molar-refractivity contribution in [3.8, 4) is 17.0 Å². The summed E-state index contributed by atoms with van der Waals surface area (Å²) in [6, 6.07) is 9.45. The Labute approximate surface area is 197 Å². The first-order valence-corrected chi connectivity index (χ1v) is 9.33. The molecule has 8 heteroatoms. The van der Waals surface area contributed by atoms with Crippen molar-refractivity contribution < 1.29 is 39.1 Å². The van der Waals surface area contributed by atoms with E-state index in [1.54, 1.807) is 4.68 Å². The summed E-state index contributed by atoms with van der Waals surface area (Å²) in [7, 11) is 1.86. The van der Waals surface area contributed by atoms with Gasteiger partial charge in [-0.15, -0.1) is 0 Å². The zero-order valence-electron chi connectivity index (χ0n) is 17.7. The van der Waals surface area contributed by atoms with Crippen LogP contribution in [0, 0.1) is 14.4 Å². The van der Waals surface area contributed by atoms with Gasteiger partial charge in [-0.1, -0.05) is 0 Å². The number of rotatable bonds is 2. The van der Waals surface area contributed by atoms with Gasteiger partial charge in [-0.05, 0) is 43.7 Å². The molecule has 1 fully saturated rings. The van der Waals surface area contributed by atoms with E-state index in [-0.39, 0.29) is 42.7 Å². The van der Waals surface area contributed by atoms with Gasteiger partial charge in [0.15, 0.2) is 0 Å². The van der Waals surface area contributed by atoms with Gasteiger partial charge in [-0.25, -0.2) is 14.4 Å². The molecular weight excluding hydrogens is 392 g/mol. The van der Waals surface area contributed by atoms with Gasteiger partial charge < -0.3 is 17.4 Å². The van der Waals surface area contributed by atoms with Crippen LogP contribution in [-0.2, 0) is 7.05 Å². The minimum Gasteiger partial charge on any atom is -0.507 e. The molecule has 4 aromatic rings. The third-order valence-corrected chi connectivity index (χ3v) is 5.38. The predicted octanol–water partition coefficient (Wildman–Crippen LogP) is 1.20. The Morgan fingerprint density at radius 2 is 1.87 bits per heavy atom. The Hall–Kier alpha value is -2.22. The summed E-state index contributed by atoms with van der Waals surface area (Å²) in [5.41, 5.74) is 4.36. The molecule has 1 saturated heterocycles. The molecule has 1 atom stereocenters. The average Bonchev–Trinajstić information content (AvgIpc) is 3.29. The Bertz CT molecular complexity index is 1230. The van der Waals surface area contributed by atoms with Crippen LogP contribution in [0.4, 0.5) is 10.2 Å². The molecule has 30 heavy (non-hydrogen) atoms. The molecule has 1 N–H and O–H groups in total. The molecule has 1 aliphatic heterocycles. The van der Waals surface area contributed by atoms with Crippen molar-refractivity contribution in [2.24, 2.45) is 7.05 Å². The molecule has 0 amide bonds. The number of hydrogen-bond acceptors (Lipinski definition) is 5. The van der Waals surface area contributed by atoms with E-state index in [1.807, 2.05) is 55.4 Å². The number of fused-ring (bicyclic) bond motifs is 2. The van der Waals surface area contributed by atoms with Crippen molar-refractivity contribution in [3.05, 3.63) is 49.5 Å². The van der Waals surface area contributed by atoms with Crippen LogP contribution in [0.1, 0.15) is 12.0 Å². The number of aromatic hydroxyl groups is 1. The Morgan fingerprint density at radius 3 is 2.60 bits per heavy atom. The fourth-order valence-corrected chi connectivity index (χ4v) is 3.89. The van der Waals surface area contributed by atoms with E-state index in [0.717, 1.165) is 33.3 Å². The molecule has 0 radical (unpaired) electrons. The minimum atomic E-state index is -0.786. The Morgan fingerprint density at radius 1 is 1.13 bits per heavy atom. The molecule has 1 unspecified atom stereocenters. The molecule has 150 valence electrons. The van der Waals surface area contributed by atoms with E-state index in [2.05, 4.69) is 10.1 Å². The van der Waals surface area contributed by atoms with Gasteiger partial charge in [0.1, 0.15) is 17.7 Å². The maximum atomic E-state index is 13.5. The van der Waals surface area contributed by atoms with Crippen LogP contribution >= 0.6 is 0 Å². The second kappa shape index (κ2) is 8.49. The summed E-state index contributed by atoms with van der Waals surface area (Å²) < 4.78 is 15.2. The van der Waals surface area contributed by atoms with Crippen LogP contribution in [0.5, 0.6) is 5.75 Å². The summed E-state index contributed by atoms with van der Waals surface area (Å²) in [6.45, 7) is 2.93. The molecule has 1 aromatic carbocycles. The van der Waals surface area contributed by atoms with Gasteiger partial charge in [-0.3, -0.25) is 4.68 Å². The van der Waals surface area contributed by atoms with Crippen LogP contribution in [0.2, 0.25) is 0 Å². The largest absolute Gasteiger partial charge is 1.00 e. The third kappa shape index (κ3) is 3.77. The van der Waals surface area contributed by atoms with Gasteiger partial charge in [0.25, 0.3) is 0 Å². The predicted molar refractivity (Wildman–Crippen MR) is 114 cm³/mol. The van der Waals surface area contributed by atoms with Crippen LogP contribution in [-0.4, -0.2) is 44.1 Å². The number of pyridine rings is 2. The van der Waals surface area contributed by atoms with Crippen molar-refractivity contribution in [2.75, 3.05) is 18.0 Å². The van der Waals surface area contributed by atoms with E-state index in [0.29, 0.717) is 30.8 Å². The number of anilines is 1. The number of aromatic nitrogens is 4. The maximum Gasteiger partial charge on any atom is 1.00 e. The fourth-order valence-electron chi connectivity index (χ4n) is 3.89. The summed E-state index contributed by atoms with van der Waals surface area (Å²) >= 11 is 0. The molecular formula is C22H23FN5NaO. The summed E-state index contributed by atoms with van der Waals surface area (Å²) in [4.78, 5) is 11.3. The van der Waals surface area contributed by atoms with E-state index >= 15 is 0 Å². The average molecular weight is 415 g/mol. The number of nitrogens with zero attached hydrogens (tertiary/aromatic N) is 5. The van der Waals surface area contributed by atoms with Gasteiger partial charge in [0.2, 0.25) is 0 Å². The summed E-state index contributed by atoms with van der Waals surface area (Å²) in [5.74, 6) is 0.964. The summed E-state index contributed by atoms with van der Waals surface area (Å²) in [6.07, 6.45) is 1.69. The number of phenolic OH excluding ortho intramolecular Hbond substituents is 1. The molecule has 5 rings (SSSR count). The SMILES string of the molecule is Cc1c(O)c(-c2ccc3nc(N4CCC(F)C4)ccc3n2)cc2cn(C)nc12.[CH3-].[Na+]. The first-order chi connectivity index (χ1) is 13.5. The van der Waals surface area contributed by atoms with Crippen LogP contribution < -0.4 is 34.5 Å². The van der Waals surface area contributed by atoms with Gasteiger partial charge in [0.05, 0.1) is 28.8 Å². The molecule has 0 spiro atoms. The van der Waals surface area contributed by atoms with E-state index in [4.69, 9.17) is 4.98 Å².